The van der Waals surface area contributed by atoms with Crippen LogP contribution in [-0.2, 0) is 0 Å². The summed E-state index contributed by atoms with van der Waals surface area (Å²) in [6, 6.07) is 11.4. The molecule has 1 atom stereocenters. The molecule has 0 aliphatic heterocycles. The van der Waals surface area contributed by atoms with Gasteiger partial charge in [0.25, 0.3) is 0 Å². The number of benzene rings is 1. The molecule has 0 nitrogen and oxygen atoms in total. The molecule has 1 aliphatic rings. The van der Waals surface area contributed by atoms with E-state index < -0.39 is 0 Å². The molecule has 0 saturated heterocycles. The number of hydrogen-bond donors (Lipinski definition) is 0. The topological polar surface area (TPSA) is 0 Å². The minimum absolute atomic E-state index is 0.693. The smallest absolute Gasteiger partial charge is 0.0151 e. The molecule has 0 aromatic heterocycles. The van der Waals surface area contributed by atoms with Crippen molar-refractivity contribution in [3.8, 4) is 0 Å². The zero-order valence-electron chi connectivity index (χ0n) is 8.02. The standard InChI is InChI=1S/C13H13S/c1-3-7-12(8-4-1)11-14-13-9-5-2-6-10-13/h1-7,9,12H,8,11H2. The quantitative estimate of drug-likeness (QED) is 0.672. The molecule has 2 rings (SSSR count). The summed E-state index contributed by atoms with van der Waals surface area (Å²) in [6.07, 6.45) is 9.96. The highest BCUT2D eigenvalue weighted by atomic mass is 32.2. The maximum absolute atomic E-state index is 3.23. The third kappa shape index (κ3) is 2.78. The first kappa shape index (κ1) is 9.60. The van der Waals surface area contributed by atoms with Crippen LogP contribution in [0.1, 0.15) is 6.42 Å². The Balaban J connectivity index is 1.83. The SMILES string of the molecule is [c]1ccccc1SCC1C=CC=CC1. The normalized spacial score (nSPS) is 19.9. The molecule has 1 unspecified atom stereocenters. The van der Waals surface area contributed by atoms with E-state index in [0.29, 0.717) is 5.92 Å². The first-order valence-electron chi connectivity index (χ1n) is 4.88. The highest BCUT2D eigenvalue weighted by Gasteiger charge is 2.05. The molecule has 0 bridgehead atoms. The van der Waals surface area contributed by atoms with Crippen molar-refractivity contribution in [1.82, 2.24) is 0 Å². The van der Waals surface area contributed by atoms with Gasteiger partial charge in [-0.1, -0.05) is 42.5 Å². The summed E-state index contributed by atoms with van der Waals surface area (Å²) in [4.78, 5) is 1.25. The monoisotopic (exact) mass is 201 g/mol. The van der Waals surface area contributed by atoms with E-state index in [1.807, 2.05) is 23.9 Å². The first-order valence-corrected chi connectivity index (χ1v) is 5.86. The maximum atomic E-state index is 3.23. The Hall–Kier alpha value is -0.950. The molecule has 14 heavy (non-hydrogen) atoms. The van der Waals surface area contributed by atoms with Crippen LogP contribution < -0.4 is 0 Å². The molecule has 1 aromatic carbocycles. The van der Waals surface area contributed by atoms with Gasteiger partial charge < -0.3 is 0 Å². The number of allylic oxidation sites excluding steroid dienone is 4. The van der Waals surface area contributed by atoms with Crippen molar-refractivity contribution in [1.29, 1.82) is 0 Å². The average molecular weight is 201 g/mol. The average Bonchev–Trinajstić information content (AvgIpc) is 2.29. The fourth-order valence-corrected chi connectivity index (χ4v) is 2.39. The Labute approximate surface area is 89.7 Å². The Morgan fingerprint density at radius 2 is 2.36 bits per heavy atom. The van der Waals surface area contributed by atoms with E-state index in [2.05, 4.69) is 42.5 Å². The lowest BCUT2D eigenvalue weighted by atomic mass is 10.0. The molecule has 1 heteroatoms. The second-order valence-corrected chi connectivity index (χ2v) is 4.41. The van der Waals surface area contributed by atoms with Gasteiger partial charge in [-0.15, -0.1) is 11.8 Å². The summed E-state index contributed by atoms with van der Waals surface area (Å²) in [5.74, 6) is 1.85. The molecular weight excluding hydrogens is 188 g/mol. The van der Waals surface area contributed by atoms with Gasteiger partial charge in [0.1, 0.15) is 0 Å². The van der Waals surface area contributed by atoms with Gasteiger partial charge in [-0.2, -0.15) is 0 Å². The Morgan fingerprint density at radius 3 is 3.07 bits per heavy atom. The molecule has 0 amide bonds. The molecule has 71 valence electrons. The van der Waals surface area contributed by atoms with E-state index in [1.165, 1.54) is 11.3 Å². The molecule has 0 fully saturated rings. The minimum Gasteiger partial charge on any atom is -0.125 e. The predicted octanol–water partition coefficient (Wildman–Crippen LogP) is 3.71. The van der Waals surface area contributed by atoms with E-state index in [-0.39, 0.29) is 0 Å². The molecule has 0 N–H and O–H groups in total. The van der Waals surface area contributed by atoms with Gasteiger partial charge in [0, 0.05) is 10.6 Å². The number of thioether (sulfide) groups is 1. The summed E-state index contributed by atoms with van der Waals surface area (Å²) >= 11 is 1.89. The summed E-state index contributed by atoms with van der Waals surface area (Å²) in [5.41, 5.74) is 0. The summed E-state index contributed by atoms with van der Waals surface area (Å²) in [6.45, 7) is 0. The number of hydrogen-bond acceptors (Lipinski definition) is 1. The second kappa shape index (κ2) is 5.06. The zero-order chi connectivity index (χ0) is 9.64. The van der Waals surface area contributed by atoms with Crippen molar-refractivity contribution in [2.24, 2.45) is 5.92 Å². The zero-order valence-corrected chi connectivity index (χ0v) is 8.84. The lowest BCUT2D eigenvalue weighted by molar-refractivity contribution is 0.749. The number of rotatable bonds is 3. The van der Waals surface area contributed by atoms with Crippen LogP contribution in [0.2, 0.25) is 0 Å². The van der Waals surface area contributed by atoms with Gasteiger partial charge in [-0.25, -0.2) is 0 Å². The van der Waals surface area contributed by atoms with Crippen LogP contribution in [-0.4, -0.2) is 5.75 Å². The largest absolute Gasteiger partial charge is 0.125 e. The highest BCUT2D eigenvalue weighted by Crippen LogP contribution is 2.23. The van der Waals surface area contributed by atoms with Gasteiger partial charge >= 0.3 is 0 Å². The van der Waals surface area contributed by atoms with Crippen LogP contribution >= 0.6 is 11.8 Å². The van der Waals surface area contributed by atoms with Crippen molar-refractivity contribution in [3.63, 3.8) is 0 Å². The van der Waals surface area contributed by atoms with Crippen LogP contribution in [0.25, 0.3) is 0 Å². The van der Waals surface area contributed by atoms with E-state index in [0.717, 1.165) is 5.75 Å². The van der Waals surface area contributed by atoms with E-state index >= 15 is 0 Å². The van der Waals surface area contributed by atoms with Crippen LogP contribution in [0.4, 0.5) is 0 Å². The Bertz CT molecular complexity index is 324. The van der Waals surface area contributed by atoms with Gasteiger partial charge in [-0.3, -0.25) is 0 Å². The van der Waals surface area contributed by atoms with Crippen molar-refractivity contribution >= 4 is 11.8 Å². The Kier molecular flexibility index (Phi) is 3.47. The summed E-state index contributed by atoms with van der Waals surface area (Å²) in [7, 11) is 0. The molecule has 0 saturated carbocycles. The molecular formula is C13H13S. The molecule has 1 radical (unpaired) electrons. The van der Waals surface area contributed by atoms with Crippen LogP contribution in [0.15, 0.2) is 53.5 Å². The lowest BCUT2D eigenvalue weighted by Crippen LogP contribution is -2.00. The second-order valence-electron chi connectivity index (χ2n) is 3.35. The van der Waals surface area contributed by atoms with E-state index in [9.17, 15) is 0 Å². The third-order valence-corrected chi connectivity index (χ3v) is 3.36. The van der Waals surface area contributed by atoms with Crippen LogP contribution in [0.3, 0.4) is 0 Å². The predicted molar refractivity (Wildman–Crippen MR) is 62.4 cm³/mol. The Morgan fingerprint density at radius 1 is 1.36 bits per heavy atom. The van der Waals surface area contributed by atoms with Crippen LogP contribution in [0.5, 0.6) is 0 Å². The van der Waals surface area contributed by atoms with Gasteiger partial charge in [0.2, 0.25) is 0 Å². The van der Waals surface area contributed by atoms with Gasteiger partial charge in [0.15, 0.2) is 0 Å². The van der Waals surface area contributed by atoms with Gasteiger partial charge in [-0.05, 0) is 24.5 Å². The fourth-order valence-electron chi connectivity index (χ4n) is 1.42. The molecule has 0 heterocycles. The fraction of sp³-hybridized carbons (Fsp3) is 0.231. The minimum atomic E-state index is 0.693. The van der Waals surface area contributed by atoms with Crippen molar-refractivity contribution < 1.29 is 0 Å². The van der Waals surface area contributed by atoms with Crippen LogP contribution in [0, 0.1) is 12.0 Å². The highest BCUT2D eigenvalue weighted by molar-refractivity contribution is 7.99. The summed E-state index contributed by atoms with van der Waals surface area (Å²) in [5, 5.41) is 0. The summed E-state index contributed by atoms with van der Waals surface area (Å²) < 4.78 is 0. The van der Waals surface area contributed by atoms with E-state index in [1.54, 1.807) is 0 Å². The maximum Gasteiger partial charge on any atom is 0.0151 e. The van der Waals surface area contributed by atoms with Crippen molar-refractivity contribution in [2.45, 2.75) is 11.3 Å². The lowest BCUT2D eigenvalue weighted by Gasteiger charge is -2.11. The molecule has 1 aliphatic carbocycles. The molecule has 0 spiro atoms. The molecule has 1 aromatic rings. The first-order chi connectivity index (χ1) is 6.95. The van der Waals surface area contributed by atoms with Crippen molar-refractivity contribution in [3.05, 3.63) is 54.6 Å². The van der Waals surface area contributed by atoms with Crippen molar-refractivity contribution in [2.75, 3.05) is 5.75 Å². The third-order valence-electron chi connectivity index (χ3n) is 2.20. The van der Waals surface area contributed by atoms with Gasteiger partial charge in [0.05, 0.1) is 0 Å². The van der Waals surface area contributed by atoms with E-state index in [4.69, 9.17) is 0 Å².